The third-order valence-electron chi connectivity index (χ3n) is 4.40. The molecule has 3 aromatic rings. The smallest absolute Gasteiger partial charge is 0.274 e. The summed E-state index contributed by atoms with van der Waals surface area (Å²) in [6.45, 7) is 2.66. The highest BCUT2D eigenvalue weighted by atomic mass is 16.2. The van der Waals surface area contributed by atoms with E-state index in [4.69, 9.17) is 0 Å². The largest absolute Gasteiger partial charge is 0.329 e. The monoisotopic (exact) mass is 322 g/mol. The summed E-state index contributed by atoms with van der Waals surface area (Å²) < 4.78 is 1.85. The fourth-order valence-corrected chi connectivity index (χ4v) is 3.32. The van der Waals surface area contributed by atoms with E-state index in [-0.39, 0.29) is 11.9 Å². The minimum Gasteiger partial charge on any atom is -0.329 e. The topological polar surface area (TPSA) is 76.3 Å². The maximum Gasteiger partial charge on any atom is 0.274 e. The van der Waals surface area contributed by atoms with Crippen LogP contribution in [-0.4, -0.2) is 41.9 Å². The summed E-state index contributed by atoms with van der Waals surface area (Å²) in [5.74, 6) is -0.0818. The molecule has 1 amide bonds. The maximum absolute atomic E-state index is 12.9. The molecule has 0 unspecified atom stereocenters. The Labute approximate surface area is 139 Å². The van der Waals surface area contributed by atoms with E-state index in [0.717, 1.165) is 36.3 Å². The van der Waals surface area contributed by atoms with Gasteiger partial charge in [0.2, 0.25) is 0 Å². The summed E-state index contributed by atoms with van der Waals surface area (Å²) in [4.78, 5) is 27.3. The van der Waals surface area contributed by atoms with E-state index >= 15 is 0 Å². The van der Waals surface area contributed by atoms with Gasteiger partial charge in [0.15, 0.2) is 5.65 Å². The van der Waals surface area contributed by atoms with Gasteiger partial charge in [0.1, 0.15) is 5.69 Å². The number of amides is 1. The van der Waals surface area contributed by atoms with Crippen molar-refractivity contribution in [2.45, 2.75) is 32.2 Å². The lowest BCUT2D eigenvalue weighted by Gasteiger charge is -2.35. The lowest BCUT2D eigenvalue weighted by atomic mass is 9.98. The van der Waals surface area contributed by atoms with E-state index in [9.17, 15) is 4.79 Å². The SMILES string of the molecule is Cc1cc2nccc([C@@H]3CCCCN3C(=O)c3cnccn3)n2n1. The van der Waals surface area contributed by atoms with Crippen molar-refractivity contribution in [1.29, 1.82) is 0 Å². The van der Waals surface area contributed by atoms with Crippen LogP contribution in [0.1, 0.15) is 47.2 Å². The van der Waals surface area contributed by atoms with Crippen LogP contribution in [0.15, 0.2) is 36.9 Å². The second kappa shape index (κ2) is 5.99. The molecule has 0 aliphatic carbocycles. The molecule has 7 heteroatoms. The molecule has 122 valence electrons. The number of hydrogen-bond donors (Lipinski definition) is 0. The lowest BCUT2D eigenvalue weighted by molar-refractivity contribution is 0.0596. The number of aromatic nitrogens is 5. The predicted octanol–water partition coefficient (Wildman–Crippen LogP) is 2.20. The molecule has 1 atom stereocenters. The van der Waals surface area contributed by atoms with E-state index in [0.29, 0.717) is 12.2 Å². The first kappa shape index (κ1) is 14.7. The van der Waals surface area contributed by atoms with Gasteiger partial charge in [-0.2, -0.15) is 5.10 Å². The minimum absolute atomic E-state index is 0.0296. The third kappa shape index (κ3) is 2.51. The highest BCUT2D eigenvalue weighted by molar-refractivity contribution is 5.92. The summed E-state index contributed by atoms with van der Waals surface area (Å²) >= 11 is 0. The van der Waals surface area contributed by atoms with Crippen LogP contribution < -0.4 is 0 Å². The number of aryl methyl sites for hydroxylation is 1. The van der Waals surface area contributed by atoms with Gasteiger partial charge >= 0.3 is 0 Å². The summed E-state index contributed by atoms with van der Waals surface area (Å²) in [6.07, 6.45) is 9.41. The molecule has 0 bridgehead atoms. The third-order valence-corrected chi connectivity index (χ3v) is 4.40. The Morgan fingerprint density at radius 3 is 2.96 bits per heavy atom. The first-order valence-corrected chi connectivity index (χ1v) is 8.12. The van der Waals surface area contributed by atoms with E-state index in [1.54, 1.807) is 18.6 Å². The second-order valence-corrected chi connectivity index (χ2v) is 6.03. The minimum atomic E-state index is -0.0818. The Balaban J connectivity index is 1.75. The standard InChI is InChI=1S/C17H18N6O/c1-12-10-16-20-6-5-15(23(16)21-12)14-4-2-3-9-22(14)17(24)13-11-18-7-8-19-13/h5-8,10-11,14H,2-4,9H2,1H3/t14-/m0/s1. The number of nitrogens with zero attached hydrogens (tertiary/aromatic N) is 6. The molecule has 0 radical (unpaired) electrons. The molecule has 1 aliphatic rings. The van der Waals surface area contributed by atoms with Crippen LogP contribution in [0.3, 0.4) is 0 Å². The molecular formula is C17H18N6O. The number of rotatable bonds is 2. The van der Waals surface area contributed by atoms with Crippen molar-refractivity contribution in [2.24, 2.45) is 0 Å². The zero-order chi connectivity index (χ0) is 16.5. The summed E-state index contributed by atoms with van der Waals surface area (Å²) in [5.41, 5.74) is 3.09. The highest BCUT2D eigenvalue weighted by Crippen LogP contribution is 2.31. The molecule has 4 heterocycles. The summed E-state index contributed by atoms with van der Waals surface area (Å²) in [6, 6.07) is 3.87. The van der Waals surface area contributed by atoms with Crippen molar-refractivity contribution in [3.8, 4) is 0 Å². The summed E-state index contributed by atoms with van der Waals surface area (Å²) in [5, 5.41) is 4.54. The van der Waals surface area contributed by atoms with Gasteiger partial charge in [0, 0.05) is 31.2 Å². The Morgan fingerprint density at radius 2 is 2.12 bits per heavy atom. The van der Waals surface area contributed by atoms with Crippen LogP contribution in [-0.2, 0) is 0 Å². The number of carbonyl (C=O) groups excluding carboxylic acids is 1. The number of fused-ring (bicyclic) bond motifs is 1. The molecule has 0 spiro atoms. The van der Waals surface area contributed by atoms with Gasteiger partial charge < -0.3 is 4.90 Å². The van der Waals surface area contributed by atoms with Crippen molar-refractivity contribution < 1.29 is 4.79 Å². The molecular weight excluding hydrogens is 304 g/mol. The van der Waals surface area contributed by atoms with E-state index < -0.39 is 0 Å². The second-order valence-electron chi connectivity index (χ2n) is 6.03. The van der Waals surface area contributed by atoms with Gasteiger partial charge in [0.05, 0.1) is 23.6 Å². The fraction of sp³-hybridized carbons (Fsp3) is 0.353. The lowest BCUT2D eigenvalue weighted by Crippen LogP contribution is -2.39. The normalized spacial score (nSPS) is 18.0. The Morgan fingerprint density at radius 1 is 1.21 bits per heavy atom. The Hall–Kier alpha value is -2.83. The van der Waals surface area contributed by atoms with E-state index in [2.05, 4.69) is 20.1 Å². The van der Waals surface area contributed by atoms with Crippen LogP contribution in [0.2, 0.25) is 0 Å². The summed E-state index contributed by atoms with van der Waals surface area (Å²) in [7, 11) is 0. The molecule has 1 aliphatic heterocycles. The first-order chi connectivity index (χ1) is 11.7. The number of carbonyl (C=O) groups is 1. The maximum atomic E-state index is 12.9. The van der Waals surface area contributed by atoms with Crippen molar-refractivity contribution in [3.63, 3.8) is 0 Å². The molecule has 1 saturated heterocycles. The van der Waals surface area contributed by atoms with E-state index in [1.807, 2.05) is 28.5 Å². The van der Waals surface area contributed by atoms with Crippen molar-refractivity contribution >= 4 is 11.6 Å². The van der Waals surface area contributed by atoms with Crippen molar-refractivity contribution in [1.82, 2.24) is 29.5 Å². The van der Waals surface area contributed by atoms with Gasteiger partial charge in [-0.15, -0.1) is 0 Å². The number of likely N-dealkylation sites (tertiary alicyclic amines) is 1. The molecule has 0 aromatic carbocycles. The Bertz CT molecular complexity index is 875. The number of hydrogen-bond acceptors (Lipinski definition) is 5. The zero-order valence-corrected chi connectivity index (χ0v) is 13.5. The molecule has 0 saturated carbocycles. The van der Waals surface area contributed by atoms with Crippen molar-refractivity contribution in [3.05, 3.63) is 54.0 Å². The van der Waals surface area contributed by atoms with Crippen LogP contribution in [0, 0.1) is 6.92 Å². The quantitative estimate of drug-likeness (QED) is 0.723. The van der Waals surface area contributed by atoms with Gasteiger partial charge in [-0.1, -0.05) is 0 Å². The number of piperidine rings is 1. The molecule has 4 rings (SSSR count). The average molecular weight is 322 g/mol. The molecule has 0 N–H and O–H groups in total. The van der Waals surface area contributed by atoms with Crippen molar-refractivity contribution in [2.75, 3.05) is 6.54 Å². The van der Waals surface area contributed by atoms with Crippen LogP contribution in [0.5, 0.6) is 0 Å². The molecule has 24 heavy (non-hydrogen) atoms. The van der Waals surface area contributed by atoms with E-state index in [1.165, 1.54) is 6.20 Å². The average Bonchev–Trinajstić information content (AvgIpc) is 3.02. The first-order valence-electron chi connectivity index (χ1n) is 8.12. The molecule has 7 nitrogen and oxygen atoms in total. The Kier molecular flexibility index (Phi) is 3.68. The van der Waals surface area contributed by atoms with Crippen LogP contribution >= 0.6 is 0 Å². The van der Waals surface area contributed by atoms with Crippen LogP contribution in [0.25, 0.3) is 5.65 Å². The fourth-order valence-electron chi connectivity index (χ4n) is 3.32. The van der Waals surface area contributed by atoms with Gasteiger partial charge in [-0.05, 0) is 32.3 Å². The molecule has 3 aromatic heterocycles. The van der Waals surface area contributed by atoms with Gasteiger partial charge in [0.25, 0.3) is 5.91 Å². The predicted molar refractivity (Wildman–Crippen MR) is 87.4 cm³/mol. The highest BCUT2D eigenvalue weighted by Gasteiger charge is 2.31. The molecule has 1 fully saturated rings. The zero-order valence-electron chi connectivity index (χ0n) is 13.5. The van der Waals surface area contributed by atoms with Crippen LogP contribution in [0.4, 0.5) is 0 Å². The van der Waals surface area contributed by atoms with Gasteiger partial charge in [-0.3, -0.25) is 9.78 Å². The van der Waals surface area contributed by atoms with Gasteiger partial charge in [-0.25, -0.2) is 14.5 Å².